The van der Waals surface area contributed by atoms with Gasteiger partial charge in [-0.3, -0.25) is 4.79 Å². The van der Waals surface area contributed by atoms with Crippen LogP contribution in [-0.2, 0) is 11.2 Å². The molecule has 2 aromatic carbocycles. The average molecular weight is 365 g/mol. The third kappa shape index (κ3) is 3.50. The molecule has 0 radical (unpaired) electrons. The lowest BCUT2D eigenvalue weighted by molar-refractivity contribution is -0.136. The van der Waals surface area contributed by atoms with E-state index in [9.17, 15) is 4.79 Å². The first kappa shape index (κ1) is 16.7. The molecule has 0 spiro atoms. The standard InChI is InChI=1S/C18H14Cl2O4/c1-10(14-4-2-12(19)7-16(14)20)24-13-3-5-15-11(6-18(21)22)9-23-17(15)8-13/h2-5,7-10H,6H2,1H3,(H,21,22). The topological polar surface area (TPSA) is 59.7 Å². The molecular formula is C18H14Cl2O4. The van der Waals surface area contributed by atoms with Gasteiger partial charge in [-0.25, -0.2) is 0 Å². The Hall–Kier alpha value is -2.17. The van der Waals surface area contributed by atoms with Crippen LogP contribution in [0.5, 0.6) is 5.75 Å². The minimum absolute atomic E-state index is 0.0794. The molecule has 0 bridgehead atoms. The van der Waals surface area contributed by atoms with Gasteiger partial charge in [-0.15, -0.1) is 0 Å². The summed E-state index contributed by atoms with van der Waals surface area (Å²) < 4.78 is 11.3. The predicted molar refractivity (Wildman–Crippen MR) is 93.1 cm³/mol. The smallest absolute Gasteiger partial charge is 0.307 e. The third-order valence-corrected chi connectivity index (χ3v) is 4.24. The summed E-state index contributed by atoms with van der Waals surface area (Å²) >= 11 is 12.1. The van der Waals surface area contributed by atoms with E-state index in [4.69, 9.17) is 37.5 Å². The number of ether oxygens (including phenoxy) is 1. The van der Waals surface area contributed by atoms with Gasteiger partial charge in [-0.05, 0) is 31.2 Å². The average Bonchev–Trinajstić information content (AvgIpc) is 2.88. The number of aliphatic carboxylic acids is 1. The van der Waals surface area contributed by atoms with Crippen LogP contribution in [0, 0.1) is 0 Å². The van der Waals surface area contributed by atoms with Gasteiger partial charge in [0.05, 0.1) is 12.7 Å². The second kappa shape index (κ2) is 6.75. The molecule has 3 aromatic rings. The van der Waals surface area contributed by atoms with E-state index in [0.717, 1.165) is 10.9 Å². The van der Waals surface area contributed by atoms with Gasteiger partial charge in [0.2, 0.25) is 0 Å². The number of benzene rings is 2. The second-order valence-corrected chi connectivity index (χ2v) is 6.26. The number of carboxylic acids is 1. The molecule has 124 valence electrons. The molecule has 1 aromatic heterocycles. The summed E-state index contributed by atoms with van der Waals surface area (Å²) in [6.07, 6.45) is 1.10. The minimum atomic E-state index is -0.899. The van der Waals surface area contributed by atoms with Gasteiger partial charge < -0.3 is 14.3 Å². The third-order valence-electron chi connectivity index (χ3n) is 3.68. The van der Waals surface area contributed by atoms with Gasteiger partial charge in [0, 0.05) is 32.6 Å². The summed E-state index contributed by atoms with van der Waals surface area (Å²) in [4.78, 5) is 10.8. The fourth-order valence-electron chi connectivity index (χ4n) is 2.54. The molecule has 1 N–H and O–H groups in total. The molecule has 0 saturated heterocycles. The normalized spacial score (nSPS) is 12.3. The van der Waals surface area contributed by atoms with Crippen molar-refractivity contribution in [1.29, 1.82) is 0 Å². The van der Waals surface area contributed by atoms with E-state index in [1.54, 1.807) is 30.3 Å². The lowest BCUT2D eigenvalue weighted by Crippen LogP contribution is -2.03. The van der Waals surface area contributed by atoms with Crippen molar-refractivity contribution in [2.75, 3.05) is 0 Å². The number of halogens is 2. The molecule has 1 atom stereocenters. The maximum Gasteiger partial charge on any atom is 0.307 e. The highest BCUT2D eigenvalue weighted by atomic mass is 35.5. The summed E-state index contributed by atoms with van der Waals surface area (Å²) in [5.41, 5.74) is 2.04. The first-order valence-electron chi connectivity index (χ1n) is 7.27. The molecule has 0 aliphatic rings. The molecule has 1 unspecified atom stereocenters. The van der Waals surface area contributed by atoms with Crippen molar-refractivity contribution >= 4 is 40.1 Å². The van der Waals surface area contributed by atoms with Gasteiger partial charge in [0.1, 0.15) is 17.4 Å². The molecule has 0 amide bonds. The Morgan fingerprint density at radius 3 is 2.75 bits per heavy atom. The zero-order valence-corrected chi connectivity index (χ0v) is 14.3. The summed E-state index contributed by atoms with van der Waals surface area (Å²) in [5, 5.41) is 10.8. The van der Waals surface area contributed by atoms with Gasteiger partial charge >= 0.3 is 5.97 Å². The van der Waals surface area contributed by atoms with Crippen LogP contribution >= 0.6 is 23.2 Å². The van der Waals surface area contributed by atoms with Crippen molar-refractivity contribution in [3.8, 4) is 5.75 Å². The number of carboxylic acid groups (broad SMARTS) is 1. The van der Waals surface area contributed by atoms with E-state index in [1.807, 2.05) is 13.0 Å². The van der Waals surface area contributed by atoms with E-state index >= 15 is 0 Å². The minimum Gasteiger partial charge on any atom is -0.486 e. The maximum atomic E-state index is 10.8. The number of fused-ring (bicyclic) bond motifs is 1. The van der Waals surface area contributed by atoms with Gasteiger partial charge in [-0.1, -0.05) is 29.3 Å². The van der Waals surface area contributed by atoms with E-state index in [2.05, 4.69) is 0 Å². The summed E-state index contributed by atoms with van der Waals surface area (Å²) in [6.45, 7) is 1.89. The largest absolute Gasteiger partial charge is 0.486 e. The zero-order chi connectivity index (χ0) is 17.3. The number of hydrogen-bond donors (Lipinski definition) is 1. The molecule has 0 aliphatic heterocycles. The van der Waals surface area contributed by atoms with Crippen LogP contribution in [0.4, 0.5) is 0 Å². The van der Waals surface area contributed by atoms with Crippen LogP contribution in [-0.4, -0.2) is 11.1 Å². The molecule has 3 rings (SSSR count). The van der Waals surface area contributed by atoms with Gasteiger partial charge in [0.15, 0.2) is 0 Å². The van der Waals surface area contributed by atoms with Crippen LogP contribution in [0.3, 0.4) is 0 Å². The highest BCUT2D eigenvalue weighted by Crippen LogP contribution is 2.32. The van der Waals surface area contributed by atoms with Crippen LogP contribution in [0.2, 0.25) is 10.0 Å². The Morgan fingerprint density at radius 2 is 2.04 bits per heavy atom. The fraction of sp³-hybridized carbons (Fsp3) is 0.167. The van der Waals surface area contributed by atoms with Crippen LogP contribution < -0.4 is 4.74 Å². The van der Waals surface area contributed by atoms with Crippen LogP contribution in [0.25, 0.3) is 11.0 Å². The van der Waals surface area contributed by atoms with E-state index < -0.39 is 5.97 Å². The van der Waals surface area contributed by atoms with Crippen molar-refractivity contribution in [2.24, 2.45) is 0 Å². The monoisotopic (exact) mass is 364 g/mol. The summed E-state index contributed by atoms with van der Waals surface area (Å²) in [5.74, 6) is -0.290. The Bertz CT molecular complexity index is 901. The van der Waals surface area contributed by atoms with Gasteiger partial charge in [0.25, 0.3) is 0 Å². The lowest BCUT2D eigenvalue weighted by Gasteiger charge is -2.16. The Balaban J connectivity index is 1.83. The summed E-state index contributed by atoms with van der Waals surface area (Å²) in [7, 11) is 0. The molecule has 4 nitrogen and oxygen atoms in total. The number of carbonyl (C=O) groups is 1. The highest BCUT2D eigenvalue weighted by Gasteiger charge is 2.14. The quantitative estimate of drug-likeness (QED) is 0.648. The fourth-order valence-corrected chi connectivity index (χ4v) is 3.10. The van der Waals surface area contributed by atoms with E-state index in [-0.39, 0.29) is 12.5 Å². The summed E-state index contributed by atoms with van der Waals surface area (Å²) in [6, 6.07) is 10.6. The highest BCUT2D eigenvalue weighted by molar-refractivity contribution is 6.35. The Labute approximate surface area is 148 Å². The molecule has 24 heavy (non-hydrogen) atoms. The van der Waals surface area contributed by atoms with Crippen molar-refractivity contribution in [1.82, 2.24) is 0 Å². The second-order valence-electron chi connectivity index (χ2n) is 5.42. The zero-order valence-electron chi connectivity index (χ0n) is 12.8. The molecule has 6 heteroatoms. The van der Waals surface area contributed by atoms with Crippen molar-refractivity contribution in [3.05, 3.63) is 63.8 Å². The first-order chi connectivity index (χ1) is 11.4. The molecule has 0 aliphatic carbocycles. The molecule has 0 fully saturated rings. The van der Waals surface area contributed by atoms with Crippen molar-refractivity contribution < 1.29 is 19.1 Å². The van der Waals surface area contributed by atoms with E-state index in [0.29, 0.717) is 26.9 Å². The number of hydrogen-bond acceptors (Lipinski definition) is 3. The van der Waals surface area contributed by atoms with E-state index in [1.165, 1.54) is 6.26 Å². The predicted octanol–water partition coefficient (Wildman–Crippen LogP) is 5.51. The molecule has 1 heterocycles. The van der Waals surface area contributed by atoms with Crippen molar-refractivity contribution in [3.63, 3.8) is 0 Å². The molecular weight excluding hydrogens is 351 g/mol. The van der Waals surface area contributed by atoms with Crippen molar-refractivity contribution in [2.45, 2.75) is 19.4 Å². The SMILES string of the molecule is CC(Oc1ccc2c(CC(=O)O)coc2c1)c1ccc(Cl)cc1Cl. The maximum absolute atomic E-state index is 10.8. The Morgan fingerprint density at radius 1 is 1.25 bits per heavy atom. The van der Waals surface area contributed by atoms with Gasteiger partial charge in [-0.2, -0.15) is 0 Å². The first-order valence-corrected chi connectivity index (χ1v) is 8.03. The number of rotatable bonds is 5. The lowest BCUT2D eigenvalue weighted by atomic mass is 10.1. The number of furan rings is 1. The molecule has 0 saturated carbocycles. The van der Waals surface area contributed by atoms with Crippen LogP contribution in [0.15, 0.2) is 47.1 Å². The Kier molecular flexibility index (Phi) is 4.69. The van der Waals surface area contributed by atoms with Crippen LogP contribution in [0.1, 0.15) is 24.2 Å².